The molecule has 3 unspecified atom stereocenters. The van der Waals surface area contributed by atoms with Gasteiger partial charge in [-0.15, -0.1) is 0 Å². The average Bonchev–Trinajstić information content (AvgIpc) is 3.28. The molecule has 1 amide bonds. The molecule has 0 aliphatic heterocycles. The first-order valence-electron chi connectivity index (χ1n) is 13.2. The van der Waals surface area contributed by atoms with Crippen LogP contribution in [0.15, 0.2) is 54.7 Å². The van der Waals surface area contributed by atoms with Crippen LogP contribution in [0.5, 0.6) is 5.75 Å². The summed E-state index contributed by atoms with van der Waals surface area (Å²) in [6.45, 7) is 8.69. The van der Waals surface area contributed by atoms with Crippen LogP contribution in [0.3, 0.4) is 0 Å². The fourth-order valence-corrected chi connectivity index (χ4v) is 6.11. The number of fused-ring (bicyclic) bond motifs is 4. The molecular weight excluding hydrogens is 434 g/mol. The van der Waals surface area contributed by atoms with E-state index in [4.69, 9.17) is 0 Å². The van der Waals surface area contributed by atoms with Gasteiger partial charge in [0.25, 0.3) is 5.91 Å². The SMILES string of the molecule is C=C/C(=C\C=C/C)CCNC(=O)c1n[nH]c2c1CC(CC)C1CCc3cc(O)ccc3C1CCC2. The lowest BCUT2D eigenvalue weighted by atomic mass is 9.66. The zero-order valence-corrected chi connectivity index (χ0v) is 21.1. The molecule has 3 atom stereocenters. The Morgan fingerprint density at radius 2 is 2.17 bits per heavy atom. The van der Waals surface area contributed by atoms with E-state index in [9.17, 15) is 9.90 Å². The first kappa shape index (κ1) is 25.0. The molecule has 0 saturated heterocycles. The second kappa shape index (κ2) is 11.6. The van der Waals surface area contributed by atoms with Crippen LogP contribution in [0.2, 0.25) is 0 Å². The van der Waals surface area contributed by atoms with Crippen LogP contribution in [0.1, 0.15) is 84.7 Å². The number of aromatic nitrogens is 2. The third-order valence-corrected chi connectivity index (χ3v) is 7.96. The predicted octanol–water partition coefficient (Wildman–Crippen LogP) is 6.17. The van der Waals surface area contributed by atoms with Gasteiger partial charge in [0, 0.05) is 17.8 Å². The molecule has 1 aromatic heterocycles. The summed E-state index contributed by atoms with van der Waals surface area (Å²) in [7, 11) is 0. The normalized spacial score (nSPS) is 22.3. The van der Waals surface area contributed by atoms with Crippen LogP contribution < -0.4 is 5.32 Å². The lowest BCUT2D eigenvalue weighted by Crippen LogP contribution is -2.29. The number of amides is 1. The van der Waals surface area contributed by atoms with Crippen LogP contribution in [0, 0.1) is 11.8 Å². The van der Waals surface area contributed by atoms with E-state index in [1.807, 2.05) is 43.4 Å². The Balaban J connectivity index is 1.52. The topological polar surface area (TPSA) is 78.0 Å². The number of nitrogens with one attached hydrogen (secondary N) is 2. The zero-order chi connectivity index (χ0) is 24.8. The Kier molecular flexibility index (Phi) is 8.27. The molecule has 0 spiro atoms. The summed E-state index contributed by atoms with van der Waals surface area (Å²) >= 11 is 0. The van der Waals surface area contributed by atoms with Crippen molar-refractivity contribution in [3.05, 3.63) is 82.7 Å². The number of H-pyrrole nitrogens is 1. The van der Waals surface area contributed by atoms with Gasteiger partial charge in [0.2, 0.25) is 0 Å². The first-order valence-corrected chi connectivity index (χ1v) is 13.2. The number of aromatic amines is 1. The number of aromatic hydroxyl groups is 1. The fraction of sp³-hybridized carbons (Fsp3) is 0.467. The number of benzene rings is 1. The van der Waals surface area contributed by atoms with Gasteiger partial charge >= 0.3 is 0 Å². The van der Waals surface area contributed by atoms with Crippen molar-refractivity contribution in [2.75, 3.05) is 6.54 Å². The number of nitrogens with zero attached hydrogens (tertiary/aromatic N) is 1. The summed E-state index contributed by atoms with van der Waals surface area (Å²) in [5.74, 6) is 1.87. The first-order chi connectivity index (χ1) is 17.0. The van der Waals surface area contributed by atoms with Gasteiger partial charge < -0.3 is 10.4 Å². The summed E-state index contributed by atoms with van der Waals surface area (Å²) in [6.07, 6.45) is 15.8. The van der Waals surface area contributed by atoms with E-state index in [1.54, 1.807) is 0 Å². The van der Waals surface area contributed by atoms with E-state index in [1.165, 1.54) is 11.1 Å². The number of hydrogen-bond acceptors (Lipinski definition) is 3. The molecule has 2 aliphatic rings. The molecule has 5 heteroatoms. The van der Waals surface area contributed by atoms with E-state index in [0.717, 1.165) is 68.2 Å². The van der Waals surface area contributed by atoms with Crippen LogP contribution >= 0.6 is 0 Å². The van der Waals surface area contributed by atoms with Crippen molar-refractivity contribution in [1.82, 2.24) is 15.5 Å². The summed E-state index contributed by atoms with van der Waals surface area (Å²) in [4.78, 5) is 13.1. The van der Waals surface area contributed by atoms with Gasteiger partial charge in [0.05, 0.1) is 0 Å². The van der Waals surface area contributed by atoms with Gasteiger partial charge in [0.1, 0.15) is 5.75 Å². The lowest BCUT2D eigenvalue weighted by Gasteiger charge is -2.38. The molecule has 0 radical (unpaired) electrons. The number of phenols is 1. The van der Waals surface area contributed by atoms with E-state index >= 15 is 0 Å². The Morgan fingerprint density at radius 1 is 1.31 bits per heavy atom. The van der Waals surface area contributed by atoms with Crippen molar-refractivity contribution >= 4 is 5.91 Å². The van der Waals surface area contributed by atoms with Crippen LogP contribution in [0.25, 0.3) is 0 Å². The van der Waals surface area contributed by atoms with Crippen molar-refractivity contribution < 1.29 is 9.90 Å². The maximum Gasteiger partial charge on any atom is 0.272 e. The Labute approximate surface area is 209 Å². The Hall–Kier alpha value is -3.08. The minimum absolute atomic E-state index is 0.0907. The van der Waals surface area contributed by atoms with Crippen LogP contribution in [-0.4, -0.2) is 27.8 Å². The fourth-order valence-electron chi connectivity index (χ4n) is 6.11. The van der Waals surface area contributed by atoms with Crippen molar-refractivity contribution in [1.29, 1.82) is 0 Å². The minimum Gasteiger partial charge on any atom is -0.508 e. The molecule has 3 N–H and O–H groups in total. The van der Waals surface area contributed by atoms with E-state index in [-0.39, 0.29) is 5.91 Å². The molecule has 1 heterocycles. The number of aryl methyl sites for hydroxylation is 2. The molecule has 186 valence electrons. The summed E-state index contributed by atoms with van der Waals surface area (Å²) in [6, 6.07) is 5.95. The highest BCUT2D eigenvalue weighted by molar-refractivity contribution is 5.94. The second-order valence-electron chi connectivity index (χ2n) is 9.96. The van der Waals surface area contributed by atoms with Gasteiger partial charge in [0.15, 0.2) is 5.69 Å². The standard InChI is InChI=1S/C30H39N3O2/c1-4-7-9-20(5-2)16-17-31-30(35)29-27-19-21(6-3)24-14-12-22-18-23(34)13-15-25(22)26(24)10-8-11-28(27)32-33-29/h4-5,7,9,13,15,18,21,24,26,34H,2,6,8,10-12,14,16-17,19H2,1,3H3,(H,31,35)(H,32,33)/b7-4-,20-9+. The molecule has 0 bridgehead atoms. The van der Waals surface area contributed by atoms with Crippen molar-refractivity contribution in [2.24, 2.45) is 11.8 Å². The third kappa shape index (κ3) is 5.61. The number of hydrogen-bond donors (Lipinski definition) is 3. The summed E-state index contributed by atoms with van der Waals surface area (Å²) in [5.41, 5.74) is 6.62. The van der Waals surface area contributed by atoms with Gasteiger partial charge in [-0.1, -0.05) is 50.3 Å². The van der Waals surface area contributed by atoms with Gasteiger partial charge in [-0.3, -0.25) is 9.89 Å². The third-order valence-electron chi connectivity index (χ3n) is 7.96. The zero-order valence-electron chi connectivity index (χ0n) is 21.1. The Bertz CT molecular complexity index is 1110. The maximum atomic E-state index is 13.1. The molecule has 4 rings (SSSR count). The molecule has 0 saturated carbocycles. The quantitative estimate of drug-likeness (QED) is 0.421. The van der Waals surface area contributed by atoms with Gasteiger partial charge in [-0.2, -0.15) is 5.10 Å². The van der Waals surface area contributed by atoms with Crippen molar-refractivity contribution in [2.45, 2.75) is 71.1 Å². The number of allylic oxidation sites excluding steroid dienone is 4. The van der Waals surface area contributed by atoms with E-state index < -0.39 is 0 Å². The Morgan fingerprint density at radius 3 is 2.94 bits per heavy atom. The molecule has 1 aromatic carbocycles. The highest BCUT2D eigenvalue weighted by Gasteiger charge is 2.36. The largest absolute Gasteiger partial charge is 0.508 e. The van der Waals surface area contributed by atoms with Crippen LogP contribution in [-0.2, 0) is 19.3 Å². The molecule has 2 aliphatic carbocycles. The highest BCUT2D eigenvalue weighted by atomic mass is 16.3. The second-order valence-corrected chi connectivity index (χ2v) is 9.96. The molecule has 35 heavy (non-hydrogen) atoms. The minimum atomic E-state index is -0.0907. The van der Waals surface area contributed by atoms with Gasteiger partial charge in [-0.25, -0.2) is 0 Å². The maximum absolute atomic E-state index is 13.1. The molecule has 2 aromatic rings. The number of phenolic OH excluding ortho intramolecular Hbond substituents is 1. The number of rotatable bonds is 7. The smallest absolute Gasteiger partial charge is 0.272 e. The molecular formula is C30H39N3O2. The van der Waals surface area contributed by atoms with Crippen molar-refractivity contribution in [3.63, 3.8) is 0 Å². The van der Waals surface area contributed by atoms with Crippen molar-refractivity contribution in [3.8, 4) is 5.75 Å². The number of carbonyl (C=O) groups excluding carboxylic acids is 1. The average molecular weight is 474 g/mol. The molecule has 5 nitrogen and oxygen atoms in total. The highest BCUT2D eigenvalue weighted by Crippen LogP contribution is 2.46. The number of carbonyl (C=O) groups is 1. The predicted molar refractivity (Wildman–Crippen MR) is 142 cm³/mol. The monoisotopic (exact) mass is 473 g/mol. The lowest BCUT2D eigenvalue weighted by molar-refractivity contribution is 0.0947. The summed E-state index contributed by atoms with van der Waals surface area (Å²) in [5, 5.41) is 20.8. The van der Waals surface area contributed by atoms with E-state index in [2.05, 4.69) is 35.1 Å². The summed E-state index contributed by atoms with van der Waals surface area (Å²) < 4.78 is 0. The van der Waals surface area contributed by atoms with Gasteiger partial charge in [-0.05, 0) is 98.5 Å². The van der Waals surface area contributed by atoms with Crippen LogP contribution in [0.4, 0.5) is 0 Å². The van der Waals surface area contributed by atoms with E-state index in [0.29, 0.717) is 35.7 Å². The molecule has 0 fully saturated rings.